The minimum atomic E-state index is 0.192. The summed E-state index contributed by atoms with van der Waals surface area (Å²) < 4.78 is 0. The summed E-state index contributed by atoms with van der Waals surface area (Å²) in [7, 11) is 0. The minimum absolute atomic E-state index is 0.192. The summed E-state index contributed by atoms with van der Waals surface area (Å²) in [4.78, 5) is 22.1. The molecule has 19 heavy (non-hydrogen) atoms. The summed E-state index contributed by atoms with van der Waals surface area (Å²) in [6.07, 6.45) is 3.92. The Morgan fingerprint density at radius 1 is 1.11 bits per heavy atom. The number of carbonyl (C=O) groups is 1. The molecule has 0 saturated carbocycles. The van der Waals surface area contributed by atoms with Crippen LogP contribution in [-0.2, 0) is 0 Å². The quantitative estimate of drug-likeness (QED) is 0.675. The predicted octanol–water partition coefficient (Wildman–Crippen LogP) is 3.95. The zero-order chi connectivity index (χ0) is 13.2. The SMILES string of the molecule is CCC(=O)c1ccc(-c2ccc3nccnc3c2)s1. The van der Waals surface area contributed by atoms with Crippen LogP contribution in [-0.4, -0.2) is 15.8 Å². The number of thiophene rings is 1. The first-order valence-corrected chi connectivity index (χ1v) is 6.94. The topological polar surface area (TPSA) is 42.9 Å². The van der Waals surface area contributed by atoms with Gasteiger partial charge in [-0.25, -0.2) is 0 Å². The van der Waals surface area contributed by atoms with Gasteiger partial charge >= 0.3 is 0 Å². The molecule has 0 spiro atoms. The largest absolute Gasteiger partial charge is 0.293 e. The molecule has 3 aromatic rings. The zero-order valence-electron chi connectivity index (χ0n) is 10.5. The summed E-state index contributed by atoms with van der Waals surface area (Å²) in [5.74, 6) is 0.192. The second-order valence-electron chi connectivity index (χ2n) is 4.20. The lowest BCUT2D eigenvalue weighted by Gasteiger charge is -1.99. The second-order valence-corrected chi connectivity index (χ2v) is 5.28. The van der Waals surface area contributed by atoms with Gasteiger partial charge in [-0.3, -0.25) is 14.8 Å². The van der Waals surface area contributed by atoms with E-state index in [0.717, 1.165) is 26.4 Å². The molecule has 0 N–H and O–H groups in total. The van der Waals surface area contributed by atoms with E-state index in [2.05, 4.69) is 9.97 Å². The summed E-state index contributed by atoms with van der Waals surface area (Å²) in [6, 6.07) is 9.87. The smallest absolute Gasteiger partial charge is 0.172 e. The molecule has 0 amide bonds. The van der Waals surface area contributed by atoms with E-state index in [0.29, 0.717) is 6.42 Å². The zero-order valence-corrected chi connectivity index (χ0v) is 11.3. The maximum Gasteiger partial charge on any atom is 0.172 e. The van der Waals surface area contributed by atoms with E-state index in [4.69, 9.17) is 0 Å². The molecule has 0 fully saturated rings. The van der Waals surface area contributed by atoms with E-state index in [1.54, 1.807) is 12.4 Å². The fourth-order valence-electron chi connectivity index (χ4n) is 1.93. The van der Waals surface area contributed by atoms with E-state index in [-0.39, 0.29) is 5.78 Å². The summed E-state index contributed by atoms with van der Waals surface area (Å²) in [5.41, 5.74) is 2.83. The average Bonchev–Trinajstić information content (AvgIpc) is 2.95. The maximum absolute atomic E-state index is 11.7. The first kappa shape index (κ1) is 12.0. The van der Waals surface area contributed by atoms with Crippen LogP contribution < -0.4 is 0 Å². The lowest BCUT2D eigenvalue weighted by Crippen LogP contribution is -1.90. The molecule has 0 aliphatic rings. The van der Waals surface area contributed by atoms with Gasteiger partial charge in [0, 0.05) is 23.7 Å². The Balaban J connectivity index is 2.04. The average molecular weight is 268 g/mol. The third-order valence-electron chi connectivity index (χ3n) is 2.96. The van der Waals surface area contributed by atoms with Crippen LogP contribution in [0.4, 0.5) is 0 Å². The number of nitrogens with zero attached hydrogens (tertiary/aromatic N) is 2. The molecule has 2 aromatic heterocycles. The van der Waals surface area contributed by atoms with Crippen LogP contribution >= 0.6 is 11.3 Å². The van der Waals surface area contributed by atoms with Crippen LogP contribution in [0.1, 0.15) is 23.0 Å². The molecule has 94 valence electrons. The maximum atomic E-state index is 11.7. The lowest BCUT2D eigenvalue weighted by molar-refractivity contribution is 0.0992. The van der Waals surface area contributed by atoms with Crippen LogP contribution in [0.15, 0.2) is 42.7 Å². The van der Waals surface area contributed by atoms with E-state index in [1.165, 1.54) is 11.3 Å². The summed E-state index contributed by atoms with van der Waals surface area (Å²) in [5, 5.41) is 0. The Bertz CT molecular complexity index is 748. The molecule has 3 rings (SSSR count). The first-order chi connectivity index (χ1) is 9.28. The Hall–Kier alpha value is -2.07. The Morgan fingerprint density at radius 2 is 1.89 bits per heavy atom. The van der Waals surface area contributed by atoms with Gasteiger partial charge in [-0.15, -0.1) is 11.3 Å². The van der Waals surface area contributed by atoms with E-state index >= 15 is 0 Å². The molecule has 0 aliphatic carbocycles. The highest BCUT2D eigenvalue weighted by Crippen LogP contribution is 2.30. The Morgan fingerprint density at radius 3 is 2.68 bits per heavy atom. The van der Waals surface area contributed by atoms with Crippen molar-refractivity contribution < 1.29 is 4.79 Å². The first-order valence-electron chi connectivity index (χ1n) is 6.12. The number of ketones is 1. The number of benzene rings is 1. The molecule has 0 saturated heterocycles. The standard InChI is InChI=1S/C15H12N2OS/c1-2-13(18)15-6-5-14(19-15)10-3-4-11-12(9-10)17-8-7-16-11/h3-9H,2H2,1H3. The molecule has 0 radical (unpaired) electrons. The fourth-order valence-corrected chi connectivity index (χ4v) is 2.95. The van der Waals surface area contributed by atoms with Gasteiger partial charge in [0.2, 0.25) is 0 Å². The third kappa shape index (κ3) is 2.27. The van der Waals surface area contributed by atoms with Crippen molar-refractivity contribution in [3.63, 3.8) is 0 Å². The van der Waals surface area contributed by atoms with Crippen LogP contribution in [0.5, 0.6) is 0 Å². The van der Waals surface area contributed by atoms with Crippen LogP contribution in [0.3, 0.4) is 0 Å². The molecule has 0 bridgehead atoms. The third-order valence-corrected chi connectivity index (χ3v) is 4.13. The molecular formula is C15H12N2OS. The summed E-state index contributed by atoms with van der Waals surface area (Å²) >= 11 is 1.53. The molecule has 2 heterocycles. The number of Topliss-reactive ketones (excluding diaryl/α,β-unsaturated/α-hetero) is 1. The normalized spacial score (nSPS) is 10.8. The van der Waals surface area contributed by atoms with Gasteiger partial charge in [0.1, 0.15) is 0 Å². The molecular weight excluding hydrogens is 256 g/mol. The molecule has 0 unspecified atom stereocenters. The van der Waals surface area contributed by atoms with E-state index in [1.807, 2.05) is 37.3 Å². The number of hydrogen-bond acceptors (Lipinski definition) is 4. The van der Waals surface area contributed by atoms with Crippen LogP contribution in [0, 0.1) is 0 Å². The number of rotatable bonds is 3. The van der Waals surface area contributed by atoms with Crippen molar-refractivity contribution in [2.24, 2.45) is 0 Å². The van der Waals surface area contributed by atoms with Crippen LogP contribution in [0.2, 0.25) is 0 Å². The minimum Gasteiger partial charge on any atom is -0.293 e. The molecule has 0 aliphatic heterocycles. The van der Waals surface area contributed by atoms with Gasteiger partial charge in [-0.2, -0.15) is 0 Å². The van der Waals surface area contributed by atoms with Crippen molar-refractivity contribution in [2.75, 3.05) is 0 Å². The summed E-state index contributed by atoms with van der Waals surface area (Å²) in [6.45, 7) is 1.88. The van der Waals surface area contributed by atoms with E-state index < -0.39 is 0 Å². The predicted molar refractivity (Wildman–Crippen MR) is 77.5 cm³/mol. The van der Waals surface area contributed by atoms with Gasteiger partial charge in [0.25, 0.3) is 0 Å². The van der Waals surface area contributed by atoms with Crippen molar-refractivity contribution >= 4 is 28.2 Å². The fraction of sp³-hybridized carbons (Fsp3) is 0.133. The van der Waals surface area contributed by atoms with Gasteiger partial charge in [-0.05, 0) is 29.8 Å². The highest BCUT2D eigenvalue weighted by molar-refractivity contribution is 7.17. The second kappa shape index (κ2) is 4.90. The highest BCUT2D eigenvalue weighted by atomic mass is 32.1. The van der Waals surface area contributed by atoms with Gasteiger partial charge < -0.3 is 0 Å². The Labute approximate surface area is 115 Å². The van der Waals surface area contributed by atoms with Crippen molar-refractivity contribution in [2.45, 2.75) is 13.3 Å². The Kier molecular flexibility index (Phi) is 3.09. The molecule has 1 aromatic carbocycles. The monoisotopic (exact) mass is 268 g/mol. The highest BCUT2D eigenvalue weighted by Gasteiger charge is 2.09. The van der Waals surface area contributed by atoms with Crippen LogP contribution in [0.25, 0.3) is 21.5 Å². The number of hydrogen-bond donors (Lipinski definition) is 0. The van der Waals surface area contributed by atoms with Gasteiger partial charge in [0.05, 0.1) is 15.9 Å². The van der Waals surface area contributed by atoms with Crippen molar-refractivity contribution in [1.29, 1.82) is 0 Å². The van der Waals surface area contributed by atoms with Crippen molar-refractivity contribution in [1.82, 2.24) is 9.97 Å². The van der Waals surface area contributed by atoms with Crippen molar-refractivity contribution in [3.05, 3.63) is 47.6 Å². The number of aromatic nitrogens is 2. The number of carbonyl (C=O) groups excluding carboxylic acids is 1. The van der Waals surface area contributed by atoms with E-state index in [9.17, 15) is 4.79 Å². The van der Waals surface area contributed by atoms with Crippen molar-refractivity contribution in [3.8, 4) is 10.4 Å². The van der Waals surface area contributed by atoms with Gasteiger partial charge in [-0.1, -0.05) is 13.0 Å². The molecule has 0 atom stereocenters. The lowest BCUT2D eigenvalue weighted by atomic mass is 10.1. The van der Waals surface area contributed by atoms with Gasteiger partial charge in [0.15, 0.2) is 5.78 Å². The molecule has 4 heteroatoms. The molecule has 3 nitrogen and oxygen atoms in total. The number of fused-ring (bicyclic) bond motifs is 1.